The average Bonchev–Trinajstić information content (AvgIpc) is 2.55. The Morgan fingerprint density at radius 1 is 1.04 bits per heavy atom. The van der Waals surface area contributed by atoms with E-state index in [9.17, 15) is 9.59 Å². The Morgan fingerprint density at radius 2 is 1.74 bits per heavy atom. The van der Waals surface area contributed by atoms with Gasteiger partial charge in [0.15, 0.2) is 6.61 Å². The molecule has 2 rings (SSSR count). The second-order valence-corrected chi connectivity index (χ2v) is 5.42. The van der Waals surface area contributed by atoms with E-state index in [1.807, 2.05) is 6.92 Å². The second-order valence-electron chi connectivity index (χ2n) is 4.58. The maximum Gasteiger partial charge on any atom is 0.338 e. The van der Waals surface area contributed by atoms with E-state index < -0.39 is 18.4 Å². The zero-order chi connectivity index (χ0) is 16.8. The van der Waals surface area contributed by atoms with E-state index in [1.165, 1.54) is 12.1 Å². The van der Waals surface area contributed by atoms with Gasteiger partial charge in [-0.2, -0.15) is 0 Å². The van der Waals surface area contributed by atoms with Crippen LogP contribution in [-0.4, -0.2) is 25.0 Å². The first-order valence-electron chi connectivity index (χ1n) is 6.89. The van der Waals surface area contributed by atoms with Crippen LogP contribution in [0.15, 0.2) is 42.5 Å². The van der Waals surface area contributed by atoms with E-state index >= 15 is 0 Å². The van der Waals surface area contributed by atoms with Crippen molar-refractivity contribution < 1.29 is 19.1 Å². The van der Waals surface area contributed by atoms with Gasteiger partial charge in [0.05, 0.1) is 17.2 Å². The Kier molecular flexibility index (Phi) is 6.02. The maximum absolute atomic E-state index is 12.1. The number of hydrogen-bond donors (Lipinski definition) is 0. The fourth-order valence-electron chi connectivity index (χ4n) is 1.86. The number of carbonyl (C=O) groups is 2. The second kappa shape index (κ2) is 7.99. The number of esters is 1. The fourth-order valence-corrected chi connectivity index (χ4v) is 2.25. The molecule has 4 nitrogen and oxygen atoms in total. The molecule has 0 heterocycles. The van der Waals surface area contributed by atoms with Crippen molar-refractivity contribution in [3.05, 3.63) is 63.6 Å². The SMILES string of the molecule is CCOc1ccc(C(=O)OCC(=O)c2cc(Cl)ccc2Cl)cc1. The summed E-state index contributed by atoms with van der Waals surface area (Å²) in [6, 6.07) is 11.0. The van der Waals surface area contributed by atoms with Crippen molar-refractivity contribution in [3.63, 3.8) is 0 Å². The third-order valence-corrected chi connectivity index (χ3v) is 3.53. The molecular formula is C17H14Cl2O4. The third-order valence-electron chi connectivity index (χ3n) is 2.96. The standard InChI is InChI=1S/C17H14Cl2O4/c1-2-22-13-6-3-11(4-7-13)17(21)23-10-16(20)14-9-12(18)5-8-15(14)19/h3-9H,2,10H2,1H3. The molecule has 0 saturated carbocycles. The Morgan fingerprint density at radius 3 is 2.39 bits per heavy atom. The molecule has 23 heavy (non-hydrogen) atoms. The van der Waals surface area contributed by atoms with Crippen molar-refractivity contribution in [2.75, 3.05) is 13.2 Å². The van der Waals surface area contributed by atoms with Gasteiger partial charge in [0, 0.05) is 10.6 Å². The predicted molar refractivity (Wildman–Crippen MR) is 88.7 cm³/mol. The van der Waals surface area contributed by atoms with E-state index in [2.05, 4.69) is 0 Å². The number of carbonyl (C=O) groups excluding carboxylic acids is 2. The normalized spacial score (nSPS) is 10.2. The summed E-state index contributed by atoms with van der Waals surface area (Å²) >= 11 is 11.8. The number of benzene rings is 2. The van der Waals surface area contributed by atoms with Crippen molar-refractivity contribution in [2.24, 2.45) is 0 Å². The minimum atomic E-state index is -0.598. The van der Waals surface area contributed by atoms with E-state index in [1.54, 1.807) is 30.3 Å². The van der Waals surface area contributed by atoms with E-state index in [0.717, 1.165) is 0 Å². The van der Waals surface area contributed by atoms with Gasteiger partial charge in [-0.25, -0.2) is 4.79 Å². The number of ketones is 1. The van der Waals surface area contributed by atoms with Gasteiger partial charge in [0.1, 0.15) is 5.75 Å². The average molecular weight is 353 g/mol. The molecule has 120 valence electrons. The third kappa shape index (κ3) is 4.71. The van der Waals surface area contributed by atoms with Crippen LogP contribution in [0.25, 0.3) is 0 Å². The van der Waals surface area contributed by atoms with Gasteiger partial charge in [0.2, 0.25) is 5.78 Å². The summed E-state index contributed by atoms with van der Waals surface area (Å²) in [5.41, 5.74) is 0.553. The van der Waals surface area contributed by atoms with Crippen LogP contribution < -0.4 is 4.74 Å². The Labute approximate surface area is 143 Å². The summed E-state index contributed by atoms with van der Waals surface area (Å²) in [5, 5.41) is 0.645. The predicted octanol–water partition coefficient (Wildman–Crippen LogP) is 4.43. The zero-order valence-corrected chi connectivity index (χ0v) is 13.9. The van der Waals surface area contributed by atoms with Gasteiger partial charge < -0.3 is 9.47 Å². The first-order chi connectivity index (χ1) is 11.0. The maximum atomic E-state index is 12.1. The molecule has 0 atom stereocenters. The number of ether oxygens (including phenoxy) is 2. The van der Waals surface area contributed by atoms with Crippen molar-refractivity contribution in [1.82, 2.24) is 0 Å². The first-order valence-corrected chi connectivity index (χ1v) is 7.65. The lowest BCUT2D eigenvalue weighted by Gasteiger charge is -2.07. The fraction of sp³-hybridized carbons (Fsp3) is 0.176. The molecule has 0 amide bonds. The highest BCUT2D eigenvalue weighted by molar-refractivity contribution is 6.36. The molecule has 6 heteroatoms. The molecule has 0 spiro atoms. The topological polar surface area (TPSA) is 52.6 Å². The largest absolute Gasteiger partial charge is 0.494 e. The van der Waals surface area contributed by atoms with Crippen molar-refractivity contribution >= 4 is 35.0 Å². The lowest BCUT2D eigenvalue weighted by molar-refractivity contribution is 0.0474. The quantitative estimate of drug-likeness (QED) is 0.569. The molecule has 0 aliphatic rings. The van der Waals surface area contributed by atoms with E-state index in [4.69, 9.17) is 32.7 Å². The summed E-state index contributed by atoms with van der Waals surface area (Å²) in [5.74, 6) is -0.359. The highest BCUT2D eigenvalue weighted by Crippen LogP contribution is 2.21. The molecular weight excluding hydrogens is 339 g/mol. The molecule has 0 saturated heterocycles. The Bertz CT molecular complexity index is 711. The number of rotatable bonds is 6. The highest BCUT2D eigenvalue weighted by Gasteiger charge is 2.15. The van der Waals surface area contributed by atoms with Crippen LogP contribution in [0, 0.1) is 0 Å². The Hall–Kier alpha value is -2.04. The molecule has 0 aliphatic heterocycles. The molecule has 0 radical (unpaired) electrons. The molecule has 0 aromatic heterocycles. The van der Waals surface area contributed by atoms with Crippen LogP contribution in [0.3, 0.4) is 0 Å². The molecule has 0 unspecified atom stereocenters. The zero-order valence-electron chi connectivity index (χ0n) is 12.3. The van der Waals surface area contributed by atoms with E-state index in [-0.39, 0.29) is 10.6 Å². The Balaban J connectivity index is 1.98. The van der Waals surface area contributed by atoms with Crippen LogP contribution >= 0.6 is 23.2 Å². The molecule has 0 aliphatic carbocycles. The van der Waals surface area contributed by atoms with Crippen molar-refractivity contribution in [2.45, 2.75) is 6.92 Å². The number of halogens is 2. The van der Waals surface area contributed by atoms with Crippen LogP contribution in [0.5, 0.6) is 5.75 Å². The van der Waals surface area contributed by atoms with Crippen LogP contribution in [0.2, 0.25) is 10.0 Å². The van der Waals surface area contributed by atoms with Gasteiger partial charge in [-0.3, -0.25) is 4.79 Å². The van der Waals surface area contributed by atoms with Gasteiger partial charge in [-0.05, 0) is 49.4 Å². The highest BCUT2D eigenvalue weighted by atomic mass is 35.5. The van der Waals surface area contributed by atoms with Gasteiger partial charge in [-0.1, -0.05) is 23.2 Å². The summed E-state index contributed by atoms with van der Waals surface area (Å²) < 4.78 is 10.3. The van der Waals surface area contributed by atoms with Crippen molar-refractivity contribution in [1.29, 1.82) is 0 Å². The lowest BCUT2D eigenvalue weighted by atomic mass is 10.1. The summed E-state index contributed by atoms with van der Waals surface area (Å²) in [4.78, 5) is 24.0. The monoisotopic (exact) mass is 352 g/mol. The van der Waals surface area contributed by atoms with Gasteiger partial charge >= 0.3 is 5.97 Å². The minimum absolute atomic E-state index is 0.221. The van der Waals surface area contributed by atoms with Crippen LogP contribution in [-0.2, 0) is 4.74 Å². The number of hydrogen-bond acceptors (Lipinski definition) is 4. The lowest BCUT2D eigenvalue weighted by Crippen LogP contribution is -2.14. The van der Waals surface area contributed by atoms with Crippen molar-refractivity contribution in [3.8, 4) is 5.75 Å². The first kappa shape index (κ1) is 17.3. The summed E-state index contributed by atoms with van der Waals surface area (Å²) in [6.45, 7) is 2.00. The molecule has 2 aromatic rings. The summed E-state index contributed by atoms with van der Waals surface area (Å²) in [7, 11) is 0. The molecule has 0 bridgehead atoms. The minimum Gasteiger partial charge on any atom is -0.494 e. The van der Waals surface area contributed by atoms with Gasteiger partial charge in [0.25, 0.3) is 0 Å². The number of Topliss-reactive ketones (excluding diaryl/α,β-unsaturated/α-hetero) is 1. The molecule has 0 fully saturated rings. The van der Waals surface area contributed by atoms with Crippen LogP contribution in [0.4, 0.5) is 0 Å². The summed E-state index contributed by atoms with van der Waals surface area (Å²) in [6.07, 6.45) is 0. The smallest absolute Gasteiger partial charge is 0.338 e. The van der Waals surface area contributed by atoms with Crippen LogP contribution in [0.1, 0.15) is 27.6 Å². The van der Waals surface area contributed by atoms with E-state index in [0.29, 0.717) is 22.9 Å². The molecule has 2 aromatic carbocycles. The molecule has 0 N–H and O–H groups in total. The van der Waals surface area contributed by atoms with Gasteiger partial charge in [-0.15, -0.1) is 0 Å².